The molecule has 0 aromatic rings. The Morgan fingerprint density at radius 2 is 1.29 bits per heavy atom. The first-order chi connectivity index (χ1) is 7.79. The quantitative estimate of drug-likeness (QED) is 0.701. The zero-order chi connectivity index (χ0) is 13.8. The maximum atomic E-state index is 10.3. The number of esters is 1. The topological polar surface area (TPSA) is 97.7 Å². The first-order valence-electron chi connectivity index (χ1n) is 5.07. The third kappa shape index (κ3) is 20.4. The van der Waals surface area contributed by atoms with Gasteiger partial charge in [-0.2, -0.15) is 0 Å². The summed E-state index contributed by atoms with van der Waals surface area (Å²) >= 11 is 0. The van der Waals surface area contributed by atoms with E-state index in [9.17, 15) is 19.2 Å². The van der Waals surface area contributed by atoms with Crippen LogP contribution in [0.2, 0.25) is 0 Å². The Hall–Kier alpha value is -1.72. The van der Waals surface area contributed by atoms with Gasteiger partial charge in [-0.25, -0.2) is 0 Å². The molecule has 0 unspecified atom stereocenters. The Labute approximate surface area is 99.9 Å². The summed E-state index contributed by atoms with van der Waals surface area (Å²) in [5, 5.41) is 8.01. The number of ether oxygens (including phenoxy) is 1. The zero-order valence-electron chi connectivity index (χ0n) is 10.3. The second kappa shape index (κ2) is 10.8. The number of hydrogen-bond donors (Lipinski definition) is 1. The summed E-state index contributed by atoms with van der Waals surface area (Å²) in [5.74, 6) is -1.31. The standard InChI is InChI=1S/C6H10O3.C5H8O3/c1-5(7)3-4-6(8)9-2;1-4(6)2-3-5(7)8/h3-4H2,1-2H3;2-3H2,1H3,(H,7,8). The Morgan fingerprint density at radius 1 is 0.882 bits per heavy atom. The first kappa shape index (κ1) is 17.7. The molecule has 0 saturated carbocycles. The molecule has 0 aliphatic heterocycles. The monoisotopic (exact) mass is 246 g/mol. The second-order valence-corrected chi connectivity index (χ2v) is 3.37. The van der Waals surface area contributed by atoms with E-state index in [0.29, 0.717) is 0 Å². The lowest BCUT2D eigenvalue weighted by Crippen LogP contribution is -2.02. The lowest BCUT2D eigenvalue weighted by molar-refractivity contribution is -0.141. The molecule has 0 amide bonds. The summed E-state index contributed by atoms with van der Waals surface area (Å²) in [7, 11) is 1.31. The van der Waals surface area contributed by atoms with E-state index in [1.165, 1.54) is 21.0 Å². The molecule has 0 bridgehead atoms. The van der Waals surface area contributed by atoms with Crippen molar-refractivity contribution in [2.24, 2.45) is 0 Å². The van der Waals surface area contributed by atoms with Crippen LogP contribution < -0.4 is 0 Å². The number of aliphatic carboxylic acids is 1. The fourth-order valence-corrected chi connectivity index (χ4v) is 0.663. The summed E-state index contributed by atoms with van der Waals surface area (Å²) in [4.78, 5) is 40.4. The Kier molecular flexibility index (Phi) is 11.2. The van der Waals surface area contributed by atoms with Gasteiger partial charge in [0.1, 0.15) is 11.6 Å². The average molecular weight is 246 g/mol. The molecule has 1 N–H and O–H groups in total. The highest BCUT2D eigenvalue weighted by Crippen LogP contribution is 1.91. The van der Waals surface area contributed by atoms with Crippen LogP contribution in [0.4, 0.5) is 0 Å². The van der Waals surface area contributed by atoms with Crippen molar-refractivity contribution in [3.8, 4) is 0 Å². The van der Waals surface area contributed by atoms with Crippen LogP contribution in [0.1, 0.15) is 39.5 Å². The van der Waals surface area contributed by atoms with Crippen LogP contribution in [0.3, 0.4) is 0 Å². The predicted octanol–water partition coefficient (Wildman–Crippen LogP) is 0.969. The highest BCUT2D eigenvalue weighted by molar-refractivity contribution is 5.81. The predicted molar refractivity (Wildman–Crippen MR) is 59.5 cm³/mol. The summed E-state index contributed by atoms with van der Waals surface area (Å²) in [6.07, 6.45) is 0.586. The molecular weight excluding hydrogens is 228 g/mol. The maximum Gasteiger partial charge on any atom is 0.305 e. The van der Waals surface area contributed by atoms with Crippen molar-refractivity contribution in [3.63, 3.8) is 0 Å². The van der Waals surface area contributed by atoms with Crippen LogP contribution in [0, 0.1) is 0 Å². The lowest BCUT2D eigenvalue weighted by atomic mass is 10.2. The van der Waals surface area contributed by atoms with Crippen molar-refractivity contribution in [2.75, 3.05) is 7.11 Å². The van der Waals surface area contributed by atoms with Crippen molar-refractivity contribution < 1.29 is 29.0 Å². The van der Waals surface area contributed by atoms with Gasteiger partial charge in [0.15, 0.2) is 0 Å². The number of ketones is 2. The van der Waals surface area contributed by atoms with Gasteiger partial charge in [0, 0.05) is 12.8 Å². The number of carboxylic acids is 1. The second-order valence-electron chi connectivity index (χ2n) is 3.37. The van der Waals surface area contributed by atoms with E-state index in [4.69, 9.17) is 5.11 Å². The van der Waals surface area contributed by atoms with E-state index in [2.05, 4.69) is 4.74 Å². The normalized spacial score (nSPS) is 8.65. The van der Waals surface area contributed by atoms with E-state index < -0.39 is 5.97 Å². The molecule has 0 atom stereocenters. The zero-order valence-corrected chi connectivity index (χ0v) is 10.3. The molecule has 0 saturated heterocycles. The average Bonchev–Trinajstić information content (AvgIpc) is 2.23. The van der Waals surface area contributed by atoms with Crippen molar-refractivity contribution in [3.05, 3.63) is 0 Å². The number of carboxylic acid groups (broad SMARTS) is 1. The van der Waals surface area contributed by atoms with Crippen LogP contribution in [0.25, 0.3) is 0 Å². The Balaban J connectivity index is 0. The fourth-order valence-electron chi connectivity index (χ4n) is 0.663. The number of rotatable bonds is 6. The van der Waals surface area contributed by atoms with Crippen molar-refractivity contribution >= 4 is 23.5 Å². The van der Waals surface area contributed by atoms with Crippen molar-refractivity contribution in [1.82, 2.24) is 0 Å². The highest BCUT2D eigenvalue weighted by Gasteiger charge is 2.00. The van der Waals surface area contributed by atoms with Crippen molar-refractivity contribution in [1.29, 1.82) is 0 Å². The molecule has 6 nitrogen and oxygen atoms in total. The minimum atomic E-state index is -0.916. The molecule has 98 valence electrons. The molecule has 0 aromatic carbocycles. The van der Waals surface area contributed by atoms with Crippen LogP contribution in [-0.4, -0.2) is 35.7 Å². The molecule has 0 heterocycles. The van der Waals surface area contributed by atoms with Gasteiger partial charge in [-0.15, -0.1) is 0 Å². The highest BCUT2D eigenvalue weighted by atomic mass is 16.5. The van der Waals surface area contributed by atoms with Gasteiger partial charge in [0.2, 0.25) is 0 Å². The summed E-state index contributed by atoms with van der Waals surface area (Å²) < 4.78 is 4.31. The van der Waals surface area contributed by atoms with Crippen LogP contribution in [-0.2, 0) is 23.9 Å². The third-order valence-corrected chi connectivity index (χ3v) is 1.60. The largest absolute Gasteiger partial charge is 0.481 e. The molecule has 0 fully saturated rings. The fraction of sp³-hybridized carbons (Fsp3) is 0.636. The SMILES string of the molecule is CC(=O)CCC(=O)O.COC(=O)CCC(C)=O. The molecule has 0 aliphatic rings. The molecule has 0 rings (SSSR count). The van der Waals surface area contributed by atoms with Crippen LogP contribution in [0.15, 0.2) is 0 Å². The minimum Gasteiger partial charge on any atom is -0.481 e. The van der Waals surface area contributed by atoms with Gasteiger partial charge in [-0.1, -0.05) is 0 Å². The smallest absolute Gasteiger partial charge is 0.305 e. The number of methoxy groups -OCH3 is 1. The first-order valence-corrected chi connectivity index (χ1v) is 5.07. The minimum absolute atomic E-state index is 0.0143. The van der Waals surface area contributed by atoms with E-state index in [1.54, 1.807) is 0 Å². The molecule has 0 radical (unpaired) electrons. The van der Waals surface area contributed by atoms with Gasteiger partial charge in [-0.05, 0) is 13.8 Å². The summed E-state index contributed by atoms with van der Waals surface area (Å²) in [6.45, 7) is 2.83. The van der Waals surface area contributed by atoms with E-state index in [-0.39, 0.29) is 43.2 Å². The lowest BCUT2D eigenvalue weighted by Gasteiger charge is -1.93. The van der Waals surface area contributed by atoms with Gasteiger partial charge in [0.25, 0.3) is 0 Å². The van der Waals surface area contributed by atoms with Gasteiger partial charge >= 0.3 is 11.9 Å². The Morgan fingerprint density at radius 3 is 1.53 bits per heavy atom. The number of Topliss-reactive ketones (excluding diaryl/α,β-unsaturated/α-hetero) is 2. The van der Waals surface area contributed by atoms with Gasteiger partial charge in [-0.3, -0.25) is 9.59 Å². The molecule has 0 spiro atoms. The maximum absolute atomic E-state index is 10.3. The number of hydrogen-bond acceptors (Lipinski definition) is 5. The molecular formula is C11H18O6. The van der Waals surface area contributed by atoms with Crippen molar-refractivity contribution in [2.45, 2.75) is 39.5 Å². The van der Waals surface area contributed by atoms with Crippen LogP contribution in [0.5, 0.6) is 0 Å². The van der Waals surface area contributed by atoms with E-state index in [0.717, 1.165) is 0 Å². The molecule has 17 heavy (non-hydrogen) atoms. The van der Waals surface area contributed by atoms with Gasteiger partial charge in [0.05, 0.1) is 20.0 Å². The molecule has 0 aliphatic carbocycles. The van der Waals surface area contributed by atoms with E-state index >= 15 is 0 Å². The van der Waals surface area contributed by atoms with E-state index in [1.807, 2.05) is 0 Å². The summed E-state index contributed by atoms with van der Waals surface area (Å²) in [5.41, 5.74) is 0. The third-order valence-electron chi connectivity index (χ3n) is 1.60. The number of carbonyl (C=O) groups excluding carboxylic acids is 3. The number of carbonyl (C=O) groups is 4. The van der Waals surface area contributed by atoms with Gasteiger partial charge < -0.3 is 19.4 Å². The molecule has 6 heteroatoms. The van der Waals surface area contributed by atoms with Crippen LogP contribution >= 0.6 is 0 Å². The molecule has 0 aromatic heterocycles. The summed E-state index contributed by atoms with van der Waals surface area (Å²) in [6, 6.07) is 0. The Bertz CT molecular complexity index is 268.